The lowest BCUT2D eigenvalue weighted by Crippen LogP contribution is -2.55. The third-order valence-electron chi connectivity index (χ3n) is 4.84. The van der Waals surface area contributed by atoms with Crippen LogP contribution >= 0.6 is 24.8 Å². The number of carbonyl (C=O) groups is 1. The molecule has 2 saturated heterocycles. The fourth-order valence-corrected chi connectivity index (χ4v) is 3.50. The second-order valence-electron chi connectivity index (χ2n) is 6.10. The molecule has 0 aromatic carbocycles. The van der Waals surface area contributed by atoms with E-state index in [4.69, 9.17) is 4.74 Å². The predicted molar refractivity (Wildman–Crippen MR) is 98.8 cm³/mol. The highest BCUT2D eigenvalue weighted by Crippen LogP contribution is 2.22. The number of morpholine rings is 1. The van der Waals surface area contributed by atoms with Crippen LogP contribution < -0.4 is 5.32 Å². The van der Waals surface area contributed by atoms with Crippen LogP contribution in [0.3, 0.4) is 0 Å². The molecule has 2 aliphatic rings. The Kier molecular flexibility index (Phi) is 12.3. The molecular weight excluding hydrogens is 337 g/mol. The minimum absolute atomic E-state index is 0. The van der Waals surface area contributed by atoms with Crippen molar-refractivity contribution in [1.82, 2.24) is 15.1 Å². The fourth-order valence-electron chi connectivity index (χ4n) is 3.50. The molecule has 0 aromatic heterocycles. The third kappa shape index (κ3) is 6.39. The first-order valence-electron chi connectivity index (χ1n) is 8.59. The number of nitrogens with one attached hydrogen (secondary N) is 1. The molecule has 1 amide bonds. The van der Waals surface area contributed by atoms with Crippen LogP contribution in [0.2, 0.25) is 0 Å². The van der Waals surface area contributed by atoms with Crippen LogP contribution in [0, 0.1) is 5.92 Å². The van der Waals surface area contributed by atoms with Crippen LogP contribution in [0.5, 0.6) is 0 Å². The summed E-state index contributed by atoms with van der Waals surface area (Å²) in [4.78, 5) is 17.6. The van der Waals surface area contributed by atoms with Gasteiger partial charge < -0.3 is 15.0 Å². The lowest BCUT2D eigenvalue weighted by atomic mass is 9.91. The third-order valence-corrected chi connectivity index (χ3v) is 4.84. The molecule has 0 saturated carbocycles. The van der Waals surface area contributed by atoms with Gasteiger partial charge in [-0.3, -0.25) is 9.69 Å². The summed E-state index contributed by atoms with van der Waals surface area (Å²) in [5.74, 6) is 0.793. The van der Waals surface area contributed by atoms with Gasteiger partial charge in [0.25, 0.3) is 0 Å². The quantitative estimate of drug-likeness (QED) is 0.802. The highest BCUT2D eigenvalue weighted by atomic mass is 35.5. The monoisotopic (exact) mass is 369 g/mol. The standard InChI is InChI=1S/C16H31N3O2.2ClH/c1-3-14(4-2)15(18-10-12-21-13-11-18)16(20)19-8-5-6-17-7-9-19;;/h14-15,17H,3-13H2,1-2H3;2*1H. The second-order valence-corrected chi connectivity index (χ2v) is 6.10. The largest absolute Gasteiger partial charge is 0.379 e. The SMILES string of the molecule is CCC(CC)C(C(=O)N1CCCNCC1)N1CCOCC1.Cl.Cl. The summed E-state index contributed by atoms with van der Waals surface area (Å²) in [6, 6.07) is 0.0435. The molecule has 0 radical (unpaired) electrons. The first-order valence-corrected chi connectivity index (χ1v) is 8.59. The summed E-state index contributed by atoms with van der Waals surface area (Å²) in [7, 11) is 0. The van der Waals surface area contributed by atoms with E-state index in [1.54, 1.807) is 0 Å². The lowest BCUT2D eigenvalue weighted by molar-refractivity contribution is -0.141. The van der Waals surface area contributed by atoms with Crippen molar-refractivity contribution in [3.63, 3.8) is 0 Å². The molecule has 23 heavy (non-hydrogen) atoms. The molecule has 1 N–H and O–H groups in total. The number of rotatable bonds is 5. The molecule has 2 fully saturated rings. The van der Waals surface area contributed by atoms with E-state index in [2.05, 4.69) is 29.0 Å². The summed E-state index contributed by atoms with van der Waals surface area (Å²) in [5, 5.41) is 3.38. The van der Waals surface area contributed by atoms with E-state index in [-0.39, 0.29) is 30.9 Å². The van der Waals surface area contributed by atoms with Crippen LogP contribution in [0.4, 0.5) is 0 Å². The minimum atomic E-state index is 0. The van der Waals surface area contributed by atoms with Gasteiger partial charge in [0.1, 0.15) is 0 Å². The van der Waals surface area contributed by atoms with Crippen LogP contribution in [-0.2, 0) is 9.53 Å². The molecule has 1 unspecified atom stereocenters. The van der Waals surface area contributed by atoms with Gasteiger partial charge in [-0.15, -0.1) is 24.8 Å². The van der Waals surface area contributed by atoms with Crippen molar-refractivity contribution in [1.29, 1.82) is 0 Å². The molecule has 2 rings (SSSR count). The molecule has 0 aliphatic carbocycles. The molecule has 138 valence electrons. The van der Waals surface area contributed by atoms with Crippen LogP contribution in [0.15, 0.2) is 0 Å². The number of nitrogens with zero attached hydrogens (tertiary/aromatic N) is 2. The van der Waals surface area contributed by atoms with E-state index in [1.807, 2.05) is 0 Å². The Morgan fingerprint density at radius 2 is 1.70 bits per heavy atom. The van der Waals surface area contributed by atoms with Gasteiger partial charge in [-0.1, -0.05) is 26.7 Å². The molecular formula is C16H33Cl2N3O2. The average Bonchev–Trinajstić information content (AvgIpc) is 2.82. The Bertz CT molecular complexity index is 316. The van der Waals surface area contributed by atoms with Crippen molar-refractivity contribution in [3.05, 3.63) is 0 Å². The number of halogens is 2. The smallest absolute Gasteiger partial charge is 0.240 e. The van der Waals surface area contributed by atoms with E-state index in [0.717, 1.165) is 71.7 Å². The molecule has 2 heterocycles. The highest BCUT2D eigenvalue weighted by molar-refractivity contribution is 5.85. The van der Waals surface area contributed by atoms with Gasteiger partial charge >= 0.3 is 0 Å². The van der Waals surface area contributed by atoms with Crippen molar-refractivity contribution in [2.24, 2.45) is 5.92 Å². The molecule has 0 bridgehead atoms. The summed E-state index contributed by atoms with van der Waals surface area (Å²) in [6.45, 7) is 11.4. The van der Waals surface area contributed by atoms with Gasteiger partial charge in [-0.05, 0) is 18.9 Å². The Morgan fingerprint density at radius 3 is 2.30 bits per heavy atom. The zero-order chi connectivity index (χ0) is 15.1. The molecule has 1 atom stereocenters. The van der Waals surface area contributed by atoms with Crippen LogP contribution in [0.25, 0.3) is 0 Å². The summed E-state index contributed by atoms with van der Waals surface area (Å²) in [6.07, 6.45) is 3.19. The molecule has 0 aromatic rings. The molecule has 5 nitrogen and oxygen atoms in total. The first kappa shape index (κ1) is 22.9. The summed E-state index contributed by atoms with van der Waals surface area (Å²) >= 11 is 0. The van der Waals surface area contributed by atoms with E-state index in [0.29, 0.717) is 11.8 Å². The topological polar surface area (TPSA) is 44.8 Å². The number of hydrogen-bond donors (Lipinski definition) is 1. The Morgan fingerprint density at radius 1 is 1.04 bits per heavy atom. The number of ether oxygens (including phenoxy) is 1. The van der Waals surface area contributed by atoms with E-state index in [1.165, 1.54) is 0 Å². The maximum Gasteiger partial charge on any atom is 0.240 e. The Labute approximate surface area is 153 Å². The zero-order valence-corrected chi connectivity index (χ0v) is 16.1. The molecule has 2 aliphatic heterocycles. The van der Waals surface area contributed by atoms with Crippen molar-refractivity contribution >= 4 is 30.7 Å². The van der Waals surface area contributed by atoms with Crippen LogP contribution in [0.1, 0.15) is 33.1 Å². The first-order chi connectivity index (χ1) is 10.3. The predicted octanol–water partition coefficient (Wildman–Crippen LogP) is 1.79. The average molecular weight is 370 g/mol. The van der Waals surface area contributed by atoms with Gasteiger partial charge in [0.2, 0.25) is 5.91 Å². The second kappa shape index (κ2) is 12.3. The van der Waals surface area contributed by atoms with E-state index < -0.39 is 0 Å². The highest BCUT2D eigenvalue weighted by Gasteiger charge is 2.35. The van der Waals surface area contributed by atoms with Gasteiger partial charge in [0, 0.05) is 32.7 Å². The maximum absolute atomic E-state index is 13.1. The number of amides is 1. The minimum Gasteiger partial charge on any atom is -0.379 e. The Balaban J connectivity index is 0.00000242. The van der Waals surface area contributed by atoms with Crippen LogP contribution in [-0.4, -0.2) is 74.2 Å². The van der Waals surface area contributed by atoms with Crippen molar-refractivity contribution in [2.45, 2.75) is 39.2 Å². The van der Waals surface area contributed by atoms with Gasteiger partial charge in [-0.25, -0.2) is 0 Å². The van der Waals surface area contributed by atoms with Crippen molar-refractivity contribution in [3.8, 4) is 0 Å². The van der Waals surface area contributed by atoms with E-state index >= 15 is 0 Å². The van der Waals surface area contributed by atoms with Gasteiger partial charge in [0.05, 0.1) is 19.3 Å². The summed E-state index contributed by atoms with van der Waals surface area (Å²) < 4.78 is 5.47. The summed E-state index contributed by atoms with van der Waals surface area (Å²) in [5.41, 5.74) is 0. The normalized spacial score (nSPS) is 21.1. The van der Waals surface area contributed by atoms with Crippen molar-refractivity contribution < 1.29 is 9.53 Å². The molecule has 0 spiro atoms. The van der Waals surface area contributed by atoms with E-state index in [9.17, 15) is 4.79 Å². The molecule has 7 heteroatoms. The zero-order valence-electron chi connectivity index (χ0n) is 14.5. The maximum atomic E-state index is 13.1. The van der Waals surface area contributed by atoms with Gasteiger partial charge in [0.15, 0.2) is 0 Å². The lowest BCUT2D eigenvalue weighted by Gasteiger charge is -2.40. The van der Waals surface area contributed by atoms with Gasteiger partial charge in [-0.2, -0.15) is 0 Å². The fraction of sp³-hybridized carbons (Fsp3) is 0.938. The number of carbonyl (C=O) groups excluding carboxylic acids is 1. The Hall–Kier alpha value is -0.0700. The van der Waals surface area contributed by atoms with Crippen molar-refractivity contribution in [2.75, 3.05) is 52.5 Å². The number of hydrogen-bond acceptors (Lipinski definition) is 4.